The molecule has 2 aliphatic rings. The van der Waals surface area contributed by atoms with Crippen molar-refractivity contribution in [1.82, 2.24) is 4.90 Å². The van der Waals surface area contributed by atoms with Gasteiger partial charge in [-0.05, 0) is 32.5 Å². The molecule has 1 radical (unpaired) electrons. The van der Waals surface area contributed by atoms with E-state index in [4.69, 9.17) is 0 Å². The Bertz CT molecular complexity index is 159. The van der Waals surface area contributed by atoms with Gasteiger partial charge in [0.15, 0.2) is 0 Å². The van der Waals surface area contributed by atoms with E-state index in [0.29, 0.717) is 18.4 Å². The van der Waals surface area contributed by atoms with Gasteiger partial charge in [-0.15, -0.1) is 0 Å². The largest absolute Gasteiger partial charge is 0.649 e. The van der Waals surface area contributed by atoms with E-state index in [1.165, 1.54) is 0 Å². The van der Waals surface area contributed by atoms with E-state index in [2.05, 4.69) is 17.3 Å². The van der Waals surface area contributed by atoms with E-state index in [0.717, 1.165) is 13.1 Å². The first kappa shape index (κ1) is 13.1. The molecule has 2 aliphatic heterocycles. The number of fused-ring (bicyclic) bond motifs is 1. The van der Waals surface area contributed by atoms with Gasteiger partial charge in [0.1, 0.15) is 0 Å². The number of hydrogen-bond acceptors (Lipinski definition) is 2. The average Bonchev–Trinajstić information content (AvgIpc) is 2.48. The van der Waals surface area contributed by atoms with Gasteiger partial charge in [0, 0.05) is 20.4 Å². The molecule has 2 rings (SSSR count). The van der Waals surface area contributed by atoms with Crippen LogP contribution < -0.4 is 0 Å². The SMILES string of the molecule is CC.CN1CC2CC(=O)[N-]C2C1.[Re]. The second kappa shape index (κ2) is 5.75. The van der Waals surface area contributed by atoms with Crippen LogP contribution in [0.2, 0.25) is 0 Å². The second-order valence-electron chi connectivity index (χ2n) is 3.28. The van der Waals surface area contributed by atoms with Crippen LogP contribution in [0.1, 0.15) is 20.3 Å². The van der Waals surface area contributed by atoms with Crippen LogP contribution >= 0.6 is 0 Å². The van der Waals surface area contributed by atoms with Gasteiger partial charge in [0.05, 0.1) is 5.91 Å². The van der Waals surface area contributed by atoms with E-state index in [-0.39, 0.29) is 26.3 Å². The molecule has 0 saturated carbocycles. The Balaban J connectivity index is 0.000000451. The van der Waals surface area contributed by atoms with Crippen LogP contribution in [0, 0.1) is 5.92 Å². The Morgan fingerprint density at radius 1 is 1.38 bits per heavy atom. The fourth-order valence-electron chi connectivity index (χ4n) is 1.87. The smallest absolute Gasteiger partial charge is 0.0516 e. The molecule has 2 unspecified atom stereocenters. The molecule has 0 aliphatic carbocycles. The number of carbonyl (C=O) groups excluding carboxylic acids is 1. The molecule has 3 nitrogen and oxygen atoms in total. The maximum absolute atomic E-state index is 10.8. The Morgan fingerprint density at radius 3 is 2.54 bits per heavy atom. The van der Waals surface area contributed by atoms with Crippen molar-refractivity contribution in [2.24, 2.45) is 5.92 Å². The first-order valence-electron chi connectivity index (χ1n) is 4.68. The van der Waals surface area contributed by atoms with E-state index in [9.17, 15) is 4.79 Å². The number of amides is 1. The molecular formula is C9H17N2ORe-. The van der Waals surface area contributed by atoms with E-state index in [1.807, 2.05) is 13.8 Å². The third-order valence-corrected chi connectivity index (χ3v) is 2.34. The summed E-state index contributed by atoms with van der Waals surface area (Å²) in [6, 6.07) is 0.331. The van der Waals surface area contributed by atoms with Gasteiger partial charge in [-0.25, -0.2) is 0 Å². The number of likely N-dealkylation sites (N-methyl/N-ethyl adjacent to an activating group) is 1. The number of carbonyl (C=O) groups is 1. The topological polar surface area (TPSA) is 34.4 Å². The van der Waals surface area contributed by atoms with Gasteiger partial charge in [-0.3, -0.25) is 0 Å². The Labute approximate surface area is 93.9 Å². The first-order valence-corrected chi connectivity index (χ1v) is 4.68. The summed E-state index contributed by atoms with van der Waals surface area (Å²) in [7, 11) is 2.08. The molecule has 0 spiro atoms. The minimum atomic E-state index is 0. The van der Waals surface area contributed by atoms with Crippen LogP contribution in [-0.4, -0.2) is 37.0 Å². The van der Waals surface area contributed by atoms with Crippen molar-refractivity contribution in [2.45, 2.75) is 26.3 Å². The third-order valence-electron chi connectivity index (χ3n) is 2.34. The molecule has 2 heterocycles. The van der Waals surface area contributed by atoms with Gasteiger partial charge in [-0.2, -0.15) is 0 Å². The minimum Gasteiger partial charge on any atom is -0.649 e. The van der Waals surface area contributed by atoms with Crippen LogP contribution in [0.15, 0.2) is 0 Å². The average molecular weight is 355 g/mol. The summed E-state index contributed by atoms with van der Waals surface area (Å²) >= 11 is 0. The summed E-state index contributed by atoms with van der Waals surface area (Å²) in [4.78, 5) is 13.0. The van der Waals surface area contributed by atoms with Crippen molar-refractivity contribution in [3.8, 4) is 0 Å². The summed E-state index contributed by atoms with van der Waals surface area (Å²) in [5, 5.41) is 4.02. The van der Waals surface area contributed by atoms with Crippen molar-refractivity contribution in [3.63, 3.8) is 0 Å². The number of likely N-dealkylation sites (tertiary alicyclic amines) is 1. The third kappa shape index (κ3) is 3.05. The van der Waals surface area contributed by atoms with Crippen LogP contribution in [-0.2, 0) is 25.2 Å². The van der Waals surface area contributed by atoms with Crippen LogP contribution in [0.3, 0.4) is 0 Å². The second-order valence-corrected chi connectivity index (χ2v) is 3.28. The van der Waals surface area contributed by atoms with Crippen molar-refractivity contribution < 1.29 is 25.2 Å². The Hall–Kier alpha value is 0.0923. The van der Waals surface area contributed by atoms with Crippen molar-refractivity contribution in [1.29, 1.82) is 0 Å². The summed E-state index contributed by atoms with van der Waals surface area (Å²) in [6.07, 6.45) is 0.689. The van der Waals surface area contributed by atoms with Crippen LogP contribution in [0.25, 0.3) is 5.32 Å². The normalized spacial score (nSPS) is 31.2. The van der Waals surface area contributed by atoms with Crippen molar-refractivity contribution in [2.75, 3.05) is 20.1 Å². The number of hydrogen-bond donors (Lipinski definition) is 0. The molecule has 1 amide bonds. The number of nitrogens with zero attached hydrogens (tertiary/aromatic N) is 2. The Morgan fingerprint density at radius 2 is 2.00 bits per heavy atom. The standard InChI is InChI=1S/C7H12N2O.C2H6.Re/c1-9-3-5-2-7(10)8-6(5)4-9;1-2;/h5-6H,2-4H2,1H3,(H,8,10);1-2H3;/p-1. The van der Waals surface area contributed by atoms with Gasteiger partial charge in [0.2, 0.25) is 0 Å². The van der Waals surface area contributed by atoms with Gasteiger partial charge >= 0.3 is 0 Å². The molecule has 4 heteroatoms. The summed E-state index contributed by atoms with van der Waals surface area (Å²) in [6.45, 7) is 6.04. The van der Waals surface area contributed by atoms with E-state index in [1.54, 1.807) is 0 Å². The quantitative estimate of drug-likeness (QED) is 0.655. The summed E-state index contributed by atoms with van der Waals surface area (Å²) in [5.41, 5.74) is 0. The predicted octanol–water partition coefficient (Wildman–Crippen LogP) is 1.24. The minimum absolute atomic E-state index is 0. The van der Waals surface area contributed by atoms with Crippen LogP contribution in [0.5, 0.6) is 0 Å². The van der Waals surface area contributed by atoms with Crippen molar-refractivity contribution >= 4 is 5.91 Å². The van der Waals surface area contributed by atoms with Crippen LogP contribution in [0.4, 0.5) is 0 Å². The molecule has 0 N–H and O–H groups in total. The maximum atomic E-state index is 10.8. The maximum Gasteiger partial charge on any atom is 0.0516 e. The van der Waals surface area contributed by atoms with Gasteiger partial charge < -0.3 is 15.0 Å². The molecule has 0 aromatic carbocycles. The van der Waals surface area contributed by atoms with Gasteiger partial charge in [-0.1, -0.05) is 19.9 Å². The zero-order valence-corrected chi connectivity index (χ0v) is 11.2. The molecule has 77 valence electrons. The molecular weight excluding hydrogens is 338 g/mol. The fourth-order valence-corrected chi connectivity index (χ4v) is 1.87. The van der Waals surface area contributed by atoms with E-state index >= 15 is 0 Å². The fraction of sp³-hybridized carbons (Fsp3) is 0.889. The molecule has 0 bridgehead atoms. The van der Waals surface area contributed by atoms with Crippen molar-refractivity contribution in [3.05, 3.63) is 5.32 Å². The predicted molar refractivity (Wildman–Crippen MR) is 49.1 cm³/mol. The molecule has 13 heavy (non-hydrogen) atoms. The number of rotatable bonds is 0. The van der Waals surface area contributed by atoms with Gasteiger partial charge in [0.25, 0.3) is 0 Å². The zero-order chi connectivity index (χ0) is 9.14. The molecule has 2 atom stereocenters. The summed E-state index contributed by atoms with van der Waals surface area (Å²) < 4.78 is 0. The molecule has 0 aromatic rings. The van der Waals surface area contributed by atoms with E-state index < -0.39 is 0 Å². The molecule has 2 fully saturated rings. The Kier molecular flexibility index (Phi) is 5.79. The molecule has 0 aromatic heterocycles. The zero-order valence-electron chi connectivity index (χ0n) is 8.46. The monoisotopic (exact) mass is 356 g/mol. The summed E-state index contributed by atoms with van der Waals surface area (Å²) in [5.74, 6) is 0.653. The molecule has 2 saturated heterocycles. The first-order chi connectivity index (χ1) is 5.75.